The van der Waals surface area contributed by atoms with Gasteiger partial charge in [0, 0.05) is 31.3 Å². The quantitative estimate of drug-likeness (QED) is 0.207. The molecule has 49 heavy (non-hydrogen) atoms. The van der Waals surface area contributed by atoms with E-state index in [0.29, 0.717) is 33.9 Å². The number of hydrogen-bond donors (Lipinski definition) is 2. The number of nitrogens with one attached hydrogen (secondary N) is 2. The van der Waals surface area contributed by atoms with Gasteiger partial charge in [-0.1, -0.05) is 30.3 Å². The maximum Gasteiger partial charge on any atom is 0.416 e. The van der Waals surface area contributed by atoms with Gasteiger partial charge in [0.05, 0.1) is 24.7 Å². The number of anilines is 1. The number of halogens is 3. The van der Waals surface area contributed by atoms with Crippen LogP contribution in [-0.2, 0) is 51.9 Å². The average molecular weight is 698 g/mol. The number of amides is 2. The first kappa shape index (κ1) is 35.2. The Hall–Kier alpha value is -5.08. The molecule has 258 valence electrons. The molecule has 14 heteroatoms. The standard InChI is InChI=1S/C35H34F3N3O7S/c1-22(42)40-27-10-13-29(14-11-27)49(44,45)41-20-26-17-28(48-21-25-6-4-5-7-30(25)35(36,37)38)12-9-24(26)18-31(41)34(43)39-19-23-8-15-32(46-2)33(16-23)47-3/h4-17,31H,18-21H2,1-3H3,(H,39,43)(H,40,42)/t31-/m0/s1. The normalized spacial score (nSPS) is 14.8. The zero-order valence-electron chi connectivity index (χ0n) is 26.8. The molecule has 10 nitrogen and oxygen atoms in total. The molecule has 0 unspecified atom stereocenters. The maximum atomic E-state index is 14.1. The van der Waals surface area contributed by atoms with Crippen molar-refractivity contribution in [1.29, 1.82) is 0 Å². The molecule has 1 aliphatic heterocycles. The van der Waals surface area contributed by atoms with Gasteiger partial charge in [0.15, 0.2) is 11.5 Å². The van der Waals surface area contributed by atoms with Crippen molar-refractivity contribution in [2.24, 2.45) is 0 Å². The summed E-state index contributed by atoms with van der Waals surface area (Å²) in [5.74, 6) is 0.352. The molecule has 2 amide bonds. The van der Waals surface area contributed by atoms with Crippen LogP contribution >= 0.6 is 0 Å². The van der Waals surface area contributed by atoms with Crippen LogP contribution in [0.1, 0.15) is 34.7 Å². The van der Waals surface area contributed by atoms with E-state index in [1.807, 2.05) is 0 Å². The summed E-state index contributed by atoms with van der Waals surface area (Å²) in [5, 5.41) is 5.42. The minimum atomic E-state index is -4.56. The molecule has 4 aromatic rings. The molecule has 2 N–H and O–H groups in total. The molecule has 1 atom stereocenters. The molecule has 4 aromatic carbocycles. The predicted octanol–water partition coefficient (Wildman–Crippen LogP) is 5.69. The molecule has 0 saturated heterocycles. The maximum absolute atomic E-state index is 14.1. The molecule has 0 spiro atoms. The Labute approximate surface area is 281 Å². The summed E-state index contributed by atoms with van der Waals surface area (Å²) in [6.07, 6.45) is -4.53. The first-order chi connectivity index (χ1) is 23.3. The molecule has 0 radical (unpaired) electrons. The summed E-state index contributed by atoms with van der Waals surface area (Å²) in [4.78, 5) is 25.1. The van der Waals surface area contributed by atoms with Crippen LogP contribution < -0.4 is 24.8 Å². The molecule has 0 bridgehead atoms. The summed E-state index contributed by atoms with van der Waals surface area (Å²) >= 11 is 0. The number of carbonyl (C=O) groups excluding carboxylic acids is 2. The number of ether oxygens (including phenoxy) is 3. The number of nitrogens with zero attached hydrogens (tertiary/aromatic N) is 1. The van der Waals surface area contributed by atoms with Crippen LogP contribution in [0.4, 0.5) is 18.9 Å². The lowest BCUT2D eigenvalue weighted by Gasteiger charge is -2.35. The van der Waals surface area contributed by atoms with Crippen molar-refractivity contribution in [3.63, 3.8) is 0 Å². The number of sulfonamides is 1. The number of alkyl halides is 3. The summed E-state index contributed by atoms with van der Waals surface area (Å²) in [7, 11) is -1.29. The monoisotopic (exact) mass is 697 g/mol. The second-order valence-corrected chi connectivity index (χ2v) is 13.1. The van der Waals surface area contributed by atoms with Crippen LogP contribution in [0, 0.1) is 0 Å². The van der Waals surface area contributed by atoms with E-state index in [0.717, 1.165) is 10.4 Å². The van der Waals surface area contributed by atoms with Gasteiger partial charge in [-0.25, -0.2) is 8.42 Å². The third-order valence-electron chi connectivity index (χ3n) is 7.98. The second kappa shape index (κ2) is 14.6. The molecule has 0 fully saturated rings. The fourth-order valence-corrected chi connectivity index (χ4v) is 7.10. The molecule has 0 aliphatic carbocycles. The summed E-state index contributed by atoms with van der Waals surface area (Å²) < 4.78 is 86.2. The second-order valence-electron chi connectivity index (χ2n) is 11.3. The number of carbonyl (C=O) groups is 2. The zero-order chi connectivity index (χ0) is 35.3. The highest BCUT2D eigenvalue weighted by molar-refractivity contribution is 7.89. The Balaban J connectivity index is 1.42. The van der Waals surface area contributed by atoms with E-state index >= 15 is 0 Å². The van der Waals surface area contributed by atoms with Crippen LogP contribution in [0.15, 0.2) is 89.8 Å². The van der Waals surface area contributed by atoms with Crippen molar-refractivity contribution in [1.82, 2.24) is 9.62 Å². The lowest BCUT2D eigenvalue weighted by Crippen LogP contribution is -2.52. The molecule has 5 rings (SSSR count). The molecular weight excluding hydrogens is 663 g/mol. The highest BCUT2D eigenvalue weighted by Gasteiger charge is 2.40. The van der Waals surface area contributed by atoms with Crippen molar-refractivity contribution in [3.05, 3.63) is 113 Å². The highest BCUT2D eigenvalue weighted by Crippen LogP contribution is 2.35. The average Bonchev–Trinajstić information content (AvgIpc) is 3.08. The fraction of sp³-hybridized carbons (Fsp3) is 0.257. The number of benzene rings is 4. The number of hydrogen-bond acceptors (Lipinski definition) is 7. The SMILES string of the molecule is COc1ccc(CNC(=O)[C@@H]2Cc3ccc(OCc4ccccc4C(F)(F)F)cc3CN2S(=O)(=O)c2ccc(NC(C)=O)cc2)cc1OC. The summed E-state index contributed by atoms with van der Waals surface area (Å²) in [5.41, 5.74) is 1.45. The number of rotatable bonds is 11. The van der Waals surface area contributed by atoms with Gasteiger partial charge in [-0.3, -0.25) is 9.59 Å². The van der Waals surface area contributed by atoms with Crippen molar-refractivity contribution in [2.45, 2.75) is 50.2 Å². The Morgan fingerprint density at radius 3 is 2.29 bits per heavy atom. The van der Waals surface area contributed by atoms with Gasteiger partial charge in [-0.2, -0.15) is 17.5 Å². The van der Waals surface area contributed by atoms with Gasteiger partial charge >= 0.3 is 6.18 Å². The van der Waals surface area contributed by atoms with Gasteiger partial charge in [0.1, 0.15) is 18.4 Å². The van der Waals surface area contributed by atoms with Gasteiger partial charge in [-0.05, 0) is 77.7 Å². The van der Waals surface area contributed by atoms with E-state index in [2.05, 4.69) is 10.6 Å². The summed E-state index contributed by atoms with van der Waals surface area (Å²) in [6.45, 7) is 0.830. The minimum Gasteiger partial charge on any atom is -0.493 e. The van der Waals surface area contributed by atoms with E-state index in [1.54, 1.807) is 36.4 Å². The van der Waals surface area contributed by atoms with Crippen LogP contribution in [0.5, 0.6) is 17.2 Å². The lowest BCUT2D eigenvalue weighted by molar-refractivity contribution is -0.138. The summed E-state index contributed by atoms with van der Waals surface area (Å²) in [6, 6.07) is 19.5. The van der Waals surface area contributed by atoms with Crippen molar-refractivity contribution in [2.75, 3.05) is 19.5 Å². The molecule has 0 saturated carbocycles. The fourth-order valence-electron chi connectivity index (χ4n) is 5.53. The Morgan fingerprint density at radius 2 is 1.61 bits per heavy atom. The molecule has 0 aromatic heterocycles. The Morgan fingerprint density at radius 1 is 0.898 bits per heavy atom. The van der Waals surface area contributed by atoms with E-state index in [4.69, 9.17) is 14.2 Å². The van der Waals surface area contributed by atoms with Crippen LogP contribution in [0.2, 0.25) is 0 Å². The first-order valence-electron chi connectivity index (χ1n) is 15.1. The minimum absolute atomic E-state index is 0.0213. The number of fused-ring (bicyclic) bond motifs is 1. The zero-order valence-corrected chi connectivity index (χ0v) is 27.7. The third-order valence-corrected chi connectivity index (χ3v) is 9.85. The van der Waals surface area contributed by atoms with Gasteiger partial charge in [0.25, 0.3) is 0 Å². The van der Waals surface area contributed by atoms with Crippen LogP contribution in [0.3, 0.4) is 0 Å². The van der Waals surface area contributed by atoms with E-state index in [-0.39, 0.29) is 48.2 Å². The molecular formula is C35H34F3N3O7S. The Bertz CT molecular complexity index is 1950. The van der Waals surface area contributed by atoms with Gasteiger partial charge < -0.3 is 24.8 Å². The van der Waals surface area contributed by atoms with Crippen molar-refractivity contribution < 1.29 is 45.4 Å². The smallest absolute Gasteiger partial charge is 0.416 e. The lowest BCUT2D eigenvalue weighted by atomic mass is 9.95. The highest BCUT2D eigenvalue weighted by atomic mass is 32.2. The van der Waals surface area contributed by atoms with Gasteiger partial charge in [0.2, 0.25) is 21.8 Å². The van der Waals surface area contributed by atoms with E-state index in [1.165, 1.54) is 63.6 Å². The predicted molar refractivity (Wildman–Crippen MR) is 175 cm³/mol. The number of methoxy groups -OCH3 is 2. The first-order valence-corrected chi connectivity index (χ1v) is 16.5. The molecule has 1 heterocycles. The van der Waals surface area contributed by atoms with Crippen molar-refractivity contribution >= 4 is 27.5 Å². The van der Waals surface area contributed by atoms with Crippen LogP contribution in [-0.4, -0.2) is 44.8 Å². The third kappa shape index (κ3) is 8.15. The van der Waals surface area contributed by atoms with E-state index in [9.17, 15) is 31.2 Å². The topological polar surface area (TPSA) is 123 Å². The van der Waals surface area contributed by atoms with Crippen molar-refractivity contribution in [3.8, 4) is 17.2 Å². The van der Waals surface area contributed by atoms with Crippen LogP contribution in [0.25, 0.3) is 0 Å². The largest absolute Gasteiger partial charge is 0.493 e. The molecule has 1 aliphatic rings. The Kier molecular flexibility index (Phi) is 10.5. The van der Waals surface area contributed by atoms with E-state index < -0.39 is 33.7 Å². The van der Waals surface area contributed by atoms with Gasteiger partial charge in [-0.15, -0.1) is 0 Å².